The van der Waals surface area contributed by atoms with Crippen LogP contribution in [0.4, 0.5) is 0 Å². The Labute approximate surface area is 126 Å². The first kappa shape index (κ1) is 15.1. The summed E-state index contributed by atoms with van der Waals surface area (Å²) in [6.07, 6.45) is 2.02. The summed E-state index contributed by atoms with van der Waals surface area (Å²) in [5.74, 6) is 0.738. The molecule has 2 N–H and O–H groups in total. The van der Waals surface area contributed by atoms with Gasteiger partial charge in [0.1, 0.15) is 0 Å². The third-order valence-corrected chi connectivity index (χ3v) is 5.58. The summed E-state index contributed by atoms with van der Waals surface area (Å²) in [5, 5.41) is 18.0. The molecular weight excluding hydrogens is 294 g/mol. The van der Waals surface area contributed by atoms with Gasteiger partial charge in [-0.25, -0.2) is 0 Å². The van der Waals surface area contributed by atoms with E-state index in [1.54, 1.807) is 34.4 Å². The van der Waals surface area contributed by atoms with Crippen molar-refractivity contribution >= 4 is 34.4 Å². The van der Waals surface area contributed by atoms with E-state index in [9.17, 15) is 5.11 Å². The first-order valence-electron chi connectivity index (χ1n) is 6.14. The predicted octanol–water partition coefficient (Wildman–Crippen LogP) is 3.60. The first-order chi connectivity index (χ1) is 9.12. The van der Waals surface area contributed by atoms with Gasteiger partial charge in [0.2, 0.25) is 0 Å². The number of aliphatic hydroxyl groups is 1. The Morgan fingerprint density at radius 1 is 1.26 bits per heavy atom. The molecular formula is C14H19NOS3. The minimum atomic E-state index is -0.674. The molecule has 1 unspecified atom stereocenters. The fourth-order valence-corrected chi connectivity index (χ4v) is 4.37. The standard InChI is InChI=1S/C14H19NOS3/c1-14(16,10-17-2)9-15-13(11-5-3-7-18-11)12-6-4-8-19-12/h3-8,13,15-16H,9-10H2,1-2H3. The molecule has 2 aromatic heterocycles. The third-order valence-electron chi connectivity index (χ3n) is 2.80. The van der Waals surface area contributed by atoms with Crippen LogP contribution in [0.2, 0.25) is 0 Å². The molecule has 0 aliphatic heterocycles. The van der Waals surface area contributed by atoms with E-state index in [2.05, 4.69) is 40.3 Å². The highest BCUT2D eigenvalue weighted by Crippen LogP contribution is 2.29. The lowest BCUT2D eigenvalue weighted by Gasteiger charge is -2.26. The summed E-state index contributed by atoms with van der Waals surface area (Å²) in [5.41, 5.74) is -0.674. The third kappa shape index (κ3) is 4.33. The van der Waals surface area contributed by atoms with E-state index in [0.717, 1.165) is 5.75 Å². The molecule has 0 radical (unpaired) electrons. The van der Waals surface area contributed by atoms with E-state index in [1.165, 1.54) is 9.75 Å². The second-order valence-corrected chi connectivity index (χ2v) is 7.60. The molecule has 0 saturated carbocycles. The molecule has 5 heteroatoms. The second-order valence-electron chi connectivity index (χ2n) is 4.77. The fourth-order valence-electron chi connectivity index (χ4n) is 1.94. The Kier molecular flexibility index (Phi) is 5.47. The van der Waals surface area contributed by atoms with Crippen LogP contribution >= 0.6 is 34.4 Å². The molecule has 2 heterocycles. The van der Waals surface area contributed by atoms with Gasteiger partial charge < -0.3 is 10.4 Å². The summed E-state index contributed by atoms with van der Waals surface area (Å²) in [7, 11) is 0. The Bertz CT molecular complexity index is 431. The van der Waals surface area contributed by atoms with E-state index in [-0.39, 0.29) is 6.04 Å². The van der Waals surface area contributed by atoms with Crippen LogP contribution in [-0.2, 0) is 0 Å². The molecule has 0 fully saturated rings. The van der Waals surface area contributed by atoms with Gasteiger partial charge in [-0.3, -0.25) is 0 Å². The molecule has 0 amide bonds. The Balaban J connectivity index is 2.08. The van der Waals surface area contributed by atoms with Crippen LogP contribution in [0.3, 0.4) is 0 Å². The number of nitrogens with one attached hydrogen (secondary N) is 1. The van der Waals surface area contributed by atoms with Crippen molar-refractivity contribution in [2.45, 2.75) is 18.6 Å². The molecule has 0 bridgehead atoms. The molecule has 0 aliphatic carbocycles. The van der Waals surface area contributed by atoms with Crippen LogP contribution in [0.1, 0.15) is 22.7 Å². The highest BCUT2D eigenvalue weighted by molar-refractivity contribution is 7.98. The van der Waals surface area contributed by atoms with Crippen LogP contribution in [-0.4, -0.2) is 29.3 Å². The second kappa shape index (κ2) is 6.90. The lowest BCUT2D eigenvalue weighted by Crippen LogP contribution is -2.41. The van der Waals surface area contributed by atoms with Crippen molar-refractivity contribution in [3.8, 4) is 0 Å². The van der Waals surface area contributed by atoms with Crippen LogP contribution < -0.4 is 5.32 Å². The van der Waals surface area contributed by atoms with E-state index in [4.69, 9.17) is 0 Å². The van der Waals surface area contributed by atoms with Gasteiger partial charge in [-0.2, -0.15) is 11.8 Å². The quantitative estimate of drug-likeness (QED) is 0.819. The monoisotopic (exact) mass is 313 g/mol. The maximum Gasteiger partial charge on any atom is 0.0833 e. The lowest BCUT2D eigenvalue weighted by molar-refractivity contribution is 0.0830. The average Bonchev–Trinajstić information content (AvgIpc) is 3.01. The molecule has 1 atom stereocenters. The van der Waals surface area contributed by atoms with Crippen molar-refractivity contribution < 1.29 is 5.11 Å². The van der Waals surface area contributed by atoms with Gasteiger partial charge in [0.25, 0.3) is 0 Å². The molecule has 2 nitrogen and oxygen atoms in total. The van der Waals surface area contributed by atoms with Crippen LogP contribution in [0.25, 0.3) is 0 Å². The van der Waals surface area contributed by atoms with Crippen LogP contribution in [0, 0.1) is 0 Å². The maximum absolute atomic E-state index is 10.3. The van der Waals surface area contributed by atoms with Gasteiger partial charge in [0.05, 0.1) is 11.6 Å². The predicted molar refractivity (Wildman–Crippen MR) is 87.5 cm³/mol. The molecule has 2 aromatic rings. The van der Waals surface area contributed by atoms with Gasteiger partial charge in [0.15, 0.2) is 0 Å². The summed E-state index contributed by atoms with van der Waals surface area (Å²) < 4.78 is 0. The summed E-state index contributed by atoms with van der Waals surface area (Å²) in [6.45, 7) is 2.48. The van der Waals surface area contributed by atoms with Crippen molar-refractivity contribution in [1.82, 2.24) is 5.32 Å². The topological polar surface area (TPSA) is 32.3 Å². The van der Waals surface area contributed by atoms with Gasteiger partial charge in [0, 0.05) is 22.1 Å². The zero-order valence-electron chi connectivity index (χ0n) is 11.1. The number of hydrogen-bond acceptors (Lipinski definition) is 5. The molecule has 104 valence electrons. The highest BCUT2D eigenvalue weighted by Gasteiger charge is 2.23. The number of rotatable bonds is 7. The summed E-state index contributed by atoms with van der Waals surface area (Å²) >= 11 is 5.17. The molecule has 0 aromatic carbocycles. The van der Waals surface area contributed by atoms with E-state index >= 15 is 0 Å². The summed E-state index contributed by atoms with van der Waals surface area (Å²) in [6, 6.07) is 8.62. The van der Waals surface area contributed by atoms with Gasteiger partial charge in [-0.1, -0.05) is 12.1 Å². The highest BCUT2D eigenvalue weighted by atomic mass is 32.2. The van der Waals surface area contributed by atoms with Crippen molar-refractivity contribution in [1.29, 1.82) is 0 Å². The van der Waals surface area contributed by atoms with Crippen molar-refractivity contribution in [2.75, 3.05) is 18.6 Å². The van der Waals surface area contributed by atoms with Gasteiger partial charge in [-0.15, -0.1) is 22.7 Å². The minimum Gasteiger partial charge on any atom is -0.388 e. The largest absolute Gasteiger partial charge is 0.388 e. The molecule has 0 saturated heterocycles. The first-order valence-corrected chi connectivity index (χ1v) is 9.29. The van der Waals surface area contributed by atoms with Gasteiger partial charge in [-0.05, 0) is 36.1 Å². The molecule has 2 rings (SSSR count). The molecule has 19 heavy (non-hydrogen) atoms. The van der Waals surface area contributed by atoms with Gasteiger partial charge >= 0.3 is 0 Å². The number of hydrogen-bond donors (Lipinski definition) is 2. The SMILES string of the molecule is CSCC(C)(O)CNC(c1cccs1)c1cccs1. The normalized spacial score (nSPS) is 14.7. The smallest absolute Gasteiger partial charge is 0.0833 e. The number of thioether (sulfide) groups is 1. The van der Waals surface area contributed by atoms with E-state index in [0.29, 0.717) is 6.54 Å². The maximum atomic E-state index is 10.3. The van der Waals surface area contributed by atoms with Crippen molar-refractivity contribution in [2.24, 2.45) is 0 Å². The Morgan fingerprint density at radius 2 is 1.84 bits per heavy atom. The van der Waals surface area contributed by atoms with Crippen LogP contribution in [0.15, 0.2) is 35.0 Å². The Hall–Kier alpha value is -0.330. The van der Waals surface area contributed by atoms with E-state index < -0.39 is 5.60 Å². The van der Waals surface area contributed by atoms with E-state index in [1.807, 2.05) is 13.2 Å². The fraction of sp³-hybridized carbons (Fsp3) is 0.429. The minimum absolute atomic E-state index is 0.188. The average molecular weight is 314 g/mol. The molecule has 0 spiro atoms. The lowest BCUT2D eigenvalue weighted by atomic mass is 10.1. The van der Waals surface area contributed by atoms with Crippen molar-refractivity contribution in [3.63, 3.8) is 0 Å². The zero-order chi connectivity index (χ0) is 13.7. The summed E-state index contributed by atoms with van der Waals surface area (Å²) in [4.78, 5) is 2.59. The van der Waals surface area contributed by atoms with Crippen molar-refractivity contribution in [3.05, 3.63) is 44.8 Å². The zero-order valence-corrected chi connectivity index (χ0v) is 13.6. The molecule has 0 aliphatic rings. The van der Waals surface area contributed by atoms with Crippen LogP contribution in [0.5, 0.6) is 0 Å². The Morgan fingerprint density at radius 3 is 2.26 bits per heavy atom. The number of thiophene rings is 2.